The summed E-state index contributed by atoms with van der Waals surface area (Å²) >= 11 is 6.02. The lowest BCUT2D eigenvalue weighted by atomic mass is 10.1. The van der Waals surface area contributed by atoms with E-state index in [1.807, 2.05) is 43.3 Å². The van der Waals surface area contributed by atoms with Gasteiger partial charge in [-0.2, -0.15) is 0 Å². The molecule has 0 unspecified atom stereocenters. The Kier molecular flexibility index (Phi) is 4.97. The maximum absolute atomic E-state index is 11.7. The van der Waals surface area contributed by atoms with Gasteiger partial charge in [-0.05, 0) is 30.2 Å². The van der Waals surface area contributed by atoms with Gasteiger partial charge in [-0.3, -0.25) is 4.79 Å². The summed E-state index contributed by atoms with van der Waals surface area (Å²) in [6, 6.07) is 15.5. The fourth-order valence-corrected chi connectivity index (χ4v) is 2.04. The molecule has 1 amide bonds. The first-order chi connectivity index (χ1) is 9.65. The molecule has 0 aliphatic heterocycles. The molecule has 0 atom stereocenters. The molecular weight excluding hydrogens is 270 g/mol. The number of aryl methyl sites for hydroxylation is 1. The number of carbonyl (C=O) groups is 1. The molecule has 2 rings (SSSR count). The second-order valence-corrected chi connectivity index (χ2v) is 4.97. The third-order valence-corrected chi connectivity index (χ3v) is 3.21. The van der Waals surface area contributed by atoms with Crippen molar-refractivity contribution in [1.29, 1.82) is 0 Å². The van der Waals surface area contributed by atoms with Gasteiger partial charge in [-0.25, -0.2) is 0 Å². The summed E-state index contributed by atoms with van der Waals surface area (Å²) in [6.45, 7) is 2.55. The van der Waals surface area contributed by atoms with Gasteiger partial charge in [-0.1, -0.05) is 59.6 Å². The Hall–Kier alpha value is -2.06. The normalized spacial score (nSPS) is 10.7. The van der Waals surface area contributed by atoms with E-state index >= 15 is 0 Å². The van der Waals surface area contributed by atoms with Gasteiger partial charge in [0, 0.05) is 17.6 Å². The number of rotatable bonds is 4. The molecule has 2 aromatic carbocycles. The van der Waals surface area contributed by atoms with Gasteiger partial charge in [0.1, 0.15) is 0 Å². The molecule has 0 heterocycles. The van der Waals surface area contributed by atoms with Crippen LogP contribution >= 0.6 is 11.6 Å². The van der Waals surface area contributed by atoms with Crippen LogP contribution in [0.3, 0.4) is 0 Å². The molecule has 0 aliphatic rings. The van der Waals surface area contributed by atoms with E-state index < -0.39 is 0 Å². The number of halogens is 1. The minimum atomic E-state index is -0.133. The zero-order valence-corrected chi connectivity index (χ0v) is 12.0. The van der Waals surface area contributed by atoms with Crippen molar-refractivity contribution in [3.63, 3.8) is 0 Å². The van der Waals surface area contributed by atoms with Crippen molar-refractivity contribution in [2.24, 2.45) is 0 Å². The molecule has 0 bridgehead atoms. The van der Waals surface area contributed by atoms with Crippen LogP contribution in [-0.2, 0) is 11.3 Å². The second kappa shape index (κ2) is 6.92. The topological polar surface area (TPSA) is 29.1 Å². The smallest absolute Gasteiger partial charge is 0.244 e. The average molecular weight is 286 g/mol. The predicted octanol–water partition coefficient (Wildman–Crippen LogP) is 3.98. The molecular formula is C17H16ClNO. The summed E-state index contributed by atoms with van der Waals surface area (Å²) in [6.07, 6.45) is 3.21. The highest BCUT2D eigenvalue weighted by molar-refractivity contribution is 6.32. The summed E-state index contributed by atoms with van der Waals surface area (Å²) in [5, 5.41) is 3.48. The Morgan fingerprint density at radius 2 is 2.00 bits per heavy atom. The van der Waals surface area contributed by atoms with Crippen LogP contribution in [0.25, 0.3) is 6.08 Å². The number of amides is 1. The van der Waals surface area contributed by atoms with Gasteiger partial charge < -0.3 is 5.32 Å². The number of benzene rings is 2. The fourth-order valence-electron chi connectivity index (χ4n) is 1.85. The van der Waals surface area contributed by atoms with Gasteiger partial charge in [0.25, 0.3) is 0 Å². The van der Waals surface area contributed by atoms with E-state index in [1.165, 1.54) is 11.6 Å². The zero-order valence-electron chi connectivity index (χ0n) is 11.3. The van der Waals surface area contributed by atoms with Crippen LogP contribution in [-0.4, -0.2) is 5.91 Å². The Balaban J connectivity index is 1.91. The first kappa shape index (κ1) is 14.4. The molecule has 2 nitrogen and oxygen atoms in total. The maximum Gasteiger partial charge on any atom is 0.244 e. The maximum atomic E-state index is 11.7. The van der Waals surface area contributed by atoms with E-state index in [0.717, 1.165) is 11.1 Å². The van der Waals surface area contributed by atoms with Crippen molar-refractivity contribution in [2.75, 3.05) is 0 Å². The van der Waals surface area contributed by atoms with Crippen molar-refractivity contribution in [1.82, 2.24) is 5.32 Å². The highest BCUT2D eigenvalue weighted by Gasteiger charge is 1.98. The molecule has 0 spiro atoms. The van der Waals surface area contributed by atoms with Crippen molar-refractivity contribution in [2.45, 2.75) is 13.5 Å². The summed E-state index contributed by atoms with van der Waals surface area (Å²) < 4.78 is 0. The number of hydrogen-bond acceptors (Lipinski definition) is 1. The van der Waals surface area contributed by atoms with Gasteiger partial charge in [0.2, 0.25) is 5.91 Å². The lowest BCUT2D eigenvalue weighted by Gasteiger charge is -2.03. The molecule has 0 radical (unpaired) electrons. The Morgan fingerprint density at radius 1 is 1.20 bits per heavy atom. The van der Waals surface area contributed by atoms with Crippen LogP contribution in [0.15, 0.2) is 54.6 Å². The lowest BCUT2D eigenvalue weighted by molar-refractivity contribution is -0.116. The third-order valence-electron chi connectivity index (χ3n) is 2.87. The Labute approximate surface area is 124 Å². The minimum Gasteiger partial charge on any atom is -0.348 e. The highest BCUT2D eigenvalue weighted by Crippen LogP contribution is 2.16. The van der Waals surface area contributed by atoms with E-state index in [4.69, 9.17) is 11.6 Å². The van der Waals surface area contributed by atoms with Gasteiger partial charge in [0.05, 0.1) is 0 Å². The van der Waals surface area contributed by atoms with E-state index in [9.17, 15) is 4.79 Å². The molecule has 102 valence electrons. The van der Waals surface area contributed by atoms with Crippen molar-refractivity contribution < 1.29 is 4.79 Å². The zero-order chi connectivity index (χ0) is 14.4. The van der Waals surface area contributed by atoms with E-state index in [1.54, 1.807) is 12.1 Å². The van der Waals surface area contributed by atoms with Crippen LogP contribution in [0, 0.1) is 6.92 Å². The monoisotopic (exact) mass is 285 g/mol. The molecule has 0 aromatic heterocycles. The van der Waals surface area contributed by atoms with E-state index in [-0.39, 0.29) is 5.91 Å². The summed E-state index contributed by atoms with van der Waals surface area (Å²) in [4.78, 5) is 11.7. The summed E-state index contributed by atoms with van der Waals surface area (Å²) in [7, 11) is 0. The molecule has 0 fully saturated rings. The minimum absolute atomic E-state index is 0.133. The lowest BCUT2D eigenvalue weighted by Crippen LogP contribution is -2.20. The van der Waals surface area contributed by atoms with Crippen LogP contribution in [0.2, 0.25) is 5.02 Å². The SMILES string of the molecule is Cc1cccc(CNC(=O)/C=C/c2ccccc2Cl)c1. The van der Waals surface area contributed by atoms with Crippen molar-refractivity contribution in [3.8, 4) is 0 Å². The van der Waals surface area contributed by atoms with Gasteiger partial charge in [0.15, 0.2) is 0 Å². The fraction of sp³-hybridized carbons (Fsp3) is 0.118. The summed E-state index contributed by atoms with van der Waals surface area (Å²) in [5.41, 5.74) is 3.10. The number of carbonyl (C=O) groups excluding carboxylic acids is 1. The van der Waals surface area contributed by atoms with Crippen LogP contribution < -0.4 is 5.32 Å². The number of hydrogen-bond donors (Lipinski definition) is 1. The predicted molar refractivity (Wildman–Crippen MR) is 83.5 cm³/mol. The molecule has 1 N–H and O–H groups in total. The van der Waals surface area contributed by atoms with Crippen LogP contribution in [0.1, 0.15) is 16.7 Å². The standard InChI is InChI=1S/C17H16ClNO/c1-13-5-4-6-14(11-13)12-19-17(20)10-9-15-7-2-3-8-16(15)18/h2-11H,12H2,1H3,(H,19,20)/b10-9+. The molecule has 0 saturated carbocycles. The van der Waals surface area contributed by atoms with Gasteiger partial charge >= 0.3 is 0 Å². The highest BCUT2D eigenvalue weighted by atomic mass is 35.5. The van der Waals surface area contributed by atoms with Crippen molar-refractivity contribution >= 4 is 23.6 Å². The van der Waals surface area contributed by atoms with Crippen LogP contribution in [0.4, 0.5) is 0 Å². The first-order valence-electron chi connectivity index (χ1n) is 6.41. The largest absolute Gasteiger partial charge is 0.348 e. The summed E-state index contributed by atoms with van der Waals surface area (Å²) in [5.74, 6) is -0.133. The van der Waals surface area contributed by atoms with Crippen molar-refractivity contribution in [3.05, 3.63) is 76.3 Å². The average Bonchev–Trinajstić information content (AvgIpc) is 2.44. The second-order valence-electron chi connectivity index (χ2n) is 4.56. The Morgan fingerprint density at radius 3 is 2.75 bits per heavy atom. The van der Waals surface area contributed by atoms with Gasteiger partial charge in [-0.15, -0.1) is 0 Å². The Bertz CT molecular complexity index is 634. The quantitative estimate of drug-likeness (QED) is 0.846. The molecule has 3 heteroatoms. The first-order valence-corrected chi connectivity index (χ1v) is 6.79. The molecule has 0 aliphatic carbocycles. The molecule has 2 aromatic rings. The molecule has 20 heavy (non-hydrogen) atoms. The molecule has 0 saturated heterocycles. The van der Waals surface area contributed by atoms with E-state index in [2.05, 4.69) is 11.4 Å². The third kappa shape index (κ3) is 4.25. The van der Waals surface area contributed by atoms with Crippen LogP contribution in [0.5, 0.6) is 0 Å². The number of nitrogens with one attached hydrogen (secondary N) is 1. The van der Waals surface area contributed by atoms with E-state index in [0.29, 0.717) is 11.6 Å².